The van der Waals surface area contributed by atoms with Gasteiger partial charge in [-0.2, -0.15) is 0 Å². The molecule has 0 aliphatic rings. The van der Waals surface area contributed by atoms with Crippen molar-refractivity contribution in [2.75, 3.05) is 0 Å². The van der Waals surface area contributed by atoms with Crippen molar-refractivity contribution >= 4 is 0 Å². The molecule has 0 saturated carbocycles. The zero-order valence-electron chi connectivity index (χ0n) is 8.64. The van der Waals surface area contributed by atoms with Crippen molar-refractivity contribution in [1.82, 2.24) is 0 Å². The van der Waals surface area contributed by atoms with E-state index in [1.807, 2.05) is 0 Å². The van der Waals surface area contributed by atoms with Crippen LogP contribution in [0.4, 0.5) is 0 Å². The van der Waals surface area contributed by atoms with Gasteiger partial charge in [0.1, 0.15) is 0 Å². The highest BCUT2D eigenvalue weighted by atomic mass is 14.0. The van der Waals surface area contributed by atoms with E-state index in [0.717, 1.165) is 12.8 Å². The summed E-state index contributed by atoms with van der Waals surface area (Å²) < 4.78 is 0. The minimum Gasteiger partial charge on any atom is -0.0995 e. The Hall–Kier alpha value is -1.04. The lowest BCUT2D eigenvalue weighted by Crippen LogP contribution is -1.88. The summed E-state index contributed by atoms with van der Waals surface area (Å²) in [6, 6.07) is 8.70. The lowest BCUT2D eigenvalue weighted by Gasteiger charge is -2.04. The Labute approximate surface area is 81.3 Å². The van der Waals surface area contributed by atoms with Crippen LogP contribution >= 0.6 is 0 Å². The van der Waals surface area contributed by atoms with Gasteiger partial charge in [-0.25, -0.2) is 0 Å². The molecule has 0 N–H and O–H groups in total. The number of allylic oxidation sites excluding steroid dienone is 1. The lowest BCUT2D eigenvalue weighted by molar-refractivity contribution is 0.875. The quantitative estimate of drug-likeness (QED) is 0.607. The molecule has 0 bridgehead atoms. The summed E-state index contributed by atoms with van der Waals surface area (Å²) in [4.78, 5) is 0. The maximum atomic E-state index is 4.06. The molecule has 1 rings (SSSR count). The van der Waals surface area contributed by atoms with Crippen LogP contribution in [-0.4, -0.2) is 0 Å². The summed E-state index contributed by atoms with van der Waals surface area (Å²) in [5, 5.41) is 0. The van der Waals surface area contributed by atoms with E-state index >= 15 is 0 Å². The van der Waals surface area contributed by atoms with Crippen molar-refractivity contribution in [2.45, 2.75) is 33.1 Å². The molecule has 0 unspecified atom stereocenters. The zero-order valence-corrected chi connectivity index (χ0v) is 8.64. The van der Waals surface area contributed by atoms with Crippen LogP contribution < -0.4 is 0 Å². The fraction of sp³-hybridized carbons (Fsp3) is 0.385. The molecule has 0 aliphatic heterocycles. The minimum absolute atomic E-state index is 1.04. The third-order valence-corrected chi connectivity index (χ3v) is 2.18. The number of rotatable bonds is 4. The molecule has 0 amide bonds. The summed E-state index contributed by atoms with van der Waals surface area (Å²) >= 11 is 0. The summed E-state index contributed by atoms with van der Waals surface area (Å²) in [7, 11) is 0. The first-order valence-electron chi connectivity index (χ1n) is 4.94. The Morgan fingerprint density at radius 3 is 2.38 bits per heavy atom. The number of aryl methyl sites for hydroxylation is 1. The molecule has 0 atom stereocenters. The highest BCUT2D eigenvalue weighted by Gasteiger charge is 1.95. The molecule has 13 heavy (non-hydrogen) atoms. The van der Waals surface area contributed by atoms with Crippen molar-refractivity contribution in [1.29, 1.82) is 0 Å². The average Bonchev–Trinajstić information content (AvgIpc) is 2.09. The molecule has 0 aromatic heterocycles. The third kappa shape index (κ3) is 3.45. The van der Waals surface area contributed by atoms with Gasteiger partial charge in [0.15, 0.2) is 0 Å². The highest BCUT2D eigenvalue weighted by molar-refractivity contribution is 5.24. The van der Waals surface area contributed by atoms with E-state index in [9.17, 15) is 0 Å². The fourth-order valence-corrected chi connectivity index (χ4v) is 1.44. The van der Waals surface area contributed by atoms with Crippen LogP contribution in [0.3, 0.4) is 0 Å². The Morgan fingerprint density at radius 2 is 1.85 bits per heavy atom. The average molecular weight is 174 g/mol. The van der Waals surface area contributed by atoms with E-state index in [1.165, 1.54) is 23.1 Å². The molecule has 0 heteroatoms. The Morgan fingerprint density at radius 1 is 1.23 bits per heavy atom. The van der Waals surface area contributed by atoms with Gasteiger partial charge in [-0.05, 0) is 25.3 Å². The molecule has 0 fully saturated rings. The van der Waals surface area contributed by atoms with Gasteiger partial charge < -0.3 is 0 Å². The largest absolute Gasteiger partial charge is 0.0995 e. The van der Waals surface area contributed by atoms with Crippen LogP contribution in [0.1, 0.15) is 30.9 Å². The molecule has 0 nitrogen and oxygen atoms in total. The second-order valence-corrected chi connectivity index (χ2v) is 3.66. The van der Waals surface area contributed by atoms with E-state index in [4.69, 9.17) is 0 Å². The SMILES string of the molecule is C=C(CCC)Cc1ccc(C)cc1. The molecular weight excluding hydrogens is 156 g/mol. The van der Waals surface area contributed by atoms with Gasteiger partial charge in [0.2, 0.25) is 0 Å². The first kappa shape index (κ1) is 10.0. The predicted molar refractivity (Wildman–Crippen MR) is 58.9 cm³/mol. The van der Waals surface area contributed by atoms with Gasteiger partial charge >= 0.3 is 0 Å². The van der Waals surface area contributed by atoms with Crippen molar-refractivity contribution in [3.05, 3.63) is 47.5 Å². The van der Waals surface area contributed by atoms with Crippen LogP contribution in [0.2, 0.25) is 0 Å². The molecule has 70 valence electrons. The molecule has 0 aliphatic carbocycles. The smallest absolute Gasteiger partial charge is 0.00698 e. The monoisotopic (exact) mass is 174 g/mol. The summed E-state index contributed by atoms with van der Waals surface area (Å²) in [6.45, 7) is 8.37. The van der Waals surface area contributed by atoms with Gasteiger partial charge in [0.05, 0.1) is 0 Å². The molecule has 0 saturated heterocycles. The zero-order chi connectivity index (χ0) is 9.68. The van der Waals surface area contributed by atoms with E-state index in [2.05, 4.69) is 44.7 Å². The molecule has 1 aromatic rings. The van der Waals surface area contributed by atoms with E-state index in [1.54, 1.807) is 0 Å². The fourth-order valence-electron chi connectivity index (χ4n) is 1.44. The Balaban J connectivity index is 2.54. The van der Waals surface area contributed by atoms with Crippen LogP contribution in [0, 0.1) is 6.92 Å². The third-order valence-electron chi connectivity index (χ3n) is 2.18. The summed E-state index contributed by atoms with van der Waals surface area (Å²) in [5.41, 5.74) is 4.04. The highest BCUT2D eigenvalue weighted by Crippen LogP contribution is 2.11. The van der Waals surface area contributed by atoms with Crippen molar-refractivity contribution in [2.24, 2.45) is 0 Å². The van der Waals surface area contributed by atoms with E-state index in [-0.39, 0.29) is 0 Å². The van der Waals surface area contributed by atoms with E-state index < -0.39 is 0 Å². The van der Waals surface area contributed by atoms with Gasteiger partial charge in [-0.1, -0.05) is 55.3 Å². The molecule has 0 spiro atoms. The lowest BCUT2D eigenvalue weighted by atomic mass is 10.0. The topological polar surface area (TPSA) is 0 Å². The predicted octanol–water partition coefficient (Wildman–Crippen LogP) is 3.89. The Kier molecular flexibility index (Phi) is 3.75. The molecular formula is C13H18. The maximum Gasteiger partial charge on any atom is -0.00698 e. The van der Waals surface area contributed by atoms with Crippen LogP contribution in [0.5, 0.6) is 0 Å². The van der Waals surface area contributed by atoms with Crippen molar-refractivity contribution < 1.29 is 0 Å². The van der Waals surface area contributed by atoms with Gasteiger partial charge in [0.25, 0.3) is 0 Å². The second kappa shape index (κ2) is 4.86. The number of hydrogen-bond acceptors (Lipinski definition) is 0. The van der Waals surface area contributed by atoms with E-state index in [0.29, 0.717) is 0 Å². The maximum absolute atomic E-state index is 4.06. The van der Waals surface area contributed by atoms with Gasteiger partial charge in [-0.15, -0.1) is 0 Å². The minimum atomic E-state index is 1.04. The normalized spacial score (nSPS) is 10.0. The molecule has 1 aromatic carbocycles. The second-order valence-electron chi connectivity index (χ2n) is 3.66. The summed E-state index contributed by atoms with van der Waals surface area (Å²) in [6.07, 6.45) is 3.38. The standard InChI is InChI=1S/C13H18/c1-4-5-12(3)10-13-8-6-11(2)7-9-13/h6-9H,3-5,10H2,1-2H3. The number of hydrogen-bond donors (Lipinski definition) is 0. The first-order valence-corrected chi connectivity index (χ1v) is 4.94. The van der Waals surface area contributed by atoms with Crippen molar-refractivity contribution in [3.63, 3.8) is 0 Å². The van der Waals surface area contributed by atoms with Crippen LogP contribution in [-0.2, 0) is 6.42 Å². The van der Waals surface area contributed by atoms with Gasteiger partial charge in [0, 0.05) is 0 Å². The molecule has 0 heterocycles. The van der Waals surface area contributed by atoms with Crippen molar-refractivity contribution in [3.8, 4) is 0 Å². The van der Waals surface area contributed by atoms with Crippen LogP contribution in [0.25, 0.3) is 0 Å². The van der Waals surface area contributed by atoms with Crippen LogP contribution in [0.15, 0.2) is 36.4 Å². The molecule has 0 radical (unpaired) electrons. The Bertz CT molecular complexity index is 267. The summed E-state index contributed by atoms with van der Waals surface area (Å²) in [5.74, 6) is 0. The number of benzene rings is 1. The first-order chi connectivity index (χ1) is 6.22. The van der Waals surface area contributed by atoms with Gasteiger partial charge in [-0.3, -0.25) is 0 Å².